The van der Waals surface area contributed by atoms with Crippen molar-refractivity contribution in [1.29, 1.82) is 0 Å². The molecular weight excluding hydrogens is 358 g/mol. The van der Waals surface area contributed by atoms with Gasteiger partial charge >= 0.3 is 0 Å². The minimum Gasteiger partial charge on any atom is -0.455 e. The predicted octanol–water partition coefficient (Wildman–Crippen LogP) is 4.11. The van der Waals surface area contributed by atoms with Crippen LogP contribution in [0.5, 0.6) is 0 Å². The Hall–Kier alpha value is -2.21. The van der Waals surface area contributed by atoms with Crippen molar-refractivity contribution in [2.75, 3.05) is 19.0 Å². The summed E-state index contributed by atoms with van der Waals surface area (Å²) >= 11 is 1.85. The minimum absolute atomic E-state index is 0.141. The molecule has 5 nitrogen and oxygen atoms in total. The van der Waals surface area contributed by atoms with Gasteiger partial charge in [0, 0.05) is 49.1 Å². The van der Waals surface area contributed by atoms with E-state index in [0.29, 0.717) is 17.6 Å². The van der Waals surface area contributed by atoms with Crippen LogP contribution in [0.15, 0.2) is 33.7 Å². The van der Waals surface area contributed by atoms with E-state index in [1.165, 1.54) is 0 Å². The first-order valence-corrected chi connectivity index (χ1v) is 10.2. The molecule has 0 saturated carbocycles. The summed E-state index contributed by atoms with van der Waals surface area (Å²) < 4.78 is 5.98. The topological polar surface area (TPSA) is 57.8 Å². The van der Waals surface area contributed by atoms with Crippen molar-refractivity contribution < 1.29 is 9.21 Å². The fraction of sp³-hybridized carbons (Fsp3) is 0.429. The van der Waals surface area contributed by atoms with Crippen molar-refractivity contribution >= 4 is 28.4 Å². The number of carbonyl (C=O) groups is 1. The number of aryl methyl sites for hydroxylation is 1. The number of rotatable bonds is 4. The zero-order valence-electron chi connectivity index (χ0n) is 16.2. The molecule has 1 aliphatic heterocycles. The first-order valence-electron chi connectivity index (χ1n) is 9.31. The van der Waals surface area contributed by atoms with E-state index >= 15 is 0 Å². The second-order valence-corrected chi connectivity index (χ2v) is 8.86. The van der Waals surface area contributed by atoms with E-state index in [4.69, 9.17) is 9.41 Å². The molecule has 0 fully saturated rings. The summed E-state index contributed by atoms with van der Waals surface area (Å²) in [6, 6.07) is 8.32. The largest absolute Gasteiger partial charge is 0.455 e. The van der Waals surface area contributed by atoms with Gasteiger partial charge in [0.25, 0.3) is 5.91 Å². The van der Waals surface area contributed by atoms with Crippen molar-refractivity contribution in [3.8, 4) is 0 Å². The summed E-state index contributed by atoms with van der Waals surface area (Å²) in [5, 5.41) is 4.61. The highest BCUT2D eigenvalue weighted by atomic mass is 32.2. The molecule has 1 aliphatic carbocycles. The fourth-order valence-electron chi connectivity index (χ4n) is 3.88. The lowest BCUT2D eigenvalue weighted by Crippen LogP contribution is -2.23. The van der Waals surface area contributed by atoms with E-state index < -0.39 is 0 Å². The van der Waals surface area contributed by atoms with Crippen LogP contribution in [0.2, 0.25) is 0 Å². The van der Waals surface area contributed by atoms with Crippen LogP contribution in [0.1, 0.15) is 52.4 Å². The zero-order chi connectivity index (χ0) is 19.1. The van der Waals surface area contributed by atoms with Gasteiger partial charge in [0.1, 0.15) is 5.76 Å². The summed E-state index contributed by atoms with van der Waals surface area (Å²) in [7, 11) is 4.02. The molecule has 142 valence electrons. The van der Waals surface area contributed by atoms with E-state index in [1.807, 2.05) is 44.9 Å². The van der Waals surface area contributed by atoms with Gasteiger partial charge in [-0.1, -0.05) is 12.1 Å². The number of carbonyl (C=O) groups excluding carboxylic acids is 1. The van der Waals surface area contributed by atoms with E-state index in [0.717, 1.165) is 46.0 Å². The summed E-state index contributed by atoms with van der Waals surface area (Å²) in [6.45, 7) is 4.53. The highest BCUT2D eigenvalue weighted by molar-refractivity contribution is 8.14. The normalized spacial score (nSPS) is 20.7. The second kappa shape index (κ2) is 7.08. The van der Waals surface area contributed by atoms with Crippen molar-refractivity contribution in [2.24, 2.45) is 4.99 Å². The summed E-state index contributed by atoms with van der Waals surface area (Å²) in [6.07, 6.45) is 1.93. The number of hydrogen-bond acceptors (Lipinski definition) is 5. The standard InChI is InChI=1S/C21H25N3O2S/c1-12-18-16(9-10-17-19(18)23-13(2)27-17)26-20(12)21(25)22-11-14-5-7-15(8-6-14)24(3)4/h5-8,17,19H,9-11H2,1-4H3,(H,22,25). The van der Waals surface area contributed by atoms with Crippen LogP contribution in [0, 0.1) is 6.92 Å². The highest BCUT2D eigenvalue weighted by Crippen LogP contribution is 2.47. The van der Waals surface area contributed by atoms with Crippen molar-refractivity contribution in [1.82, 2.24) is 5.32 Å². The van der Waals surface area contributed by atoms with Gasteiger partial charge in [0.05, 0.1) is 11.1 Å². The lowest BCUT2D eigenvalue weighted by molar-refractivity contribution is 0.0920. The number of anilines is 1. The van der Waals surface area contributed by atoms with Crippen LogP contribution >= 0.6 is 11.8 Å². The third-order valence-electron chi connectivity index (χ3n) is 5.33. The third-order valence-corrected chi connectivity index (χ3v) is 6.57. The average Bonchev–Trinajstić information content (AvgIpc) is 3.19. The smallest absolute Gasteiger partial charge is 0.287 e. The molecule has 1 N–H and O–H groups in total. The van der Waals surface area contributed by atoms with E-state index in [9.17, 15) is 4.79 Å². The second-order valence-electron chi connectivity index (χ2n) is 7.42. The Morgan fingerprint density at radius 3 is 2.74 bits per heavy atom. The molecule has 0 saturated heterocycles. The molecule has 2 aromatic rings. The number of nitrogens with one attached hydrogen (secondary N) is 1. The predicted molar refractivity (Wildman–Crippen MR) is 111 cm³/mol. The molecule has 2 heterocycles. The molecule has 2 unspecified atom stereocenters. The Labute approximate surface area is 164 Å². The highest BCUT2D eigenvalue weighted by Gasteiger charge is 2.39. The molecule has 0 radical (unpaired) electrons. The number of thioether (sulfide) groups is 1. The molecule has 27 heavy (non-hydrogen) atoms. The molecule has 1 aromatic heterocycles. The maximum atomic E-state index is 12.7. The number of benzene rings is 1. The molecule has 0 spiro atoms. The van der Waals surface area contributed by atoms with Crippen LogP contribution in [0.4, 0.5) is 5.69 Å². The zero-order valence-corrected chi connectivity index (χ0v) is 17.0. The van der Waals surface area contributed by atoms with Gasteiger partial charge in [-0.15, -0.1) is 11.8 Å². The Balaban J connectivity index is 1.49. The van der Waals surface area contributed by atoms with E-state index in [-0.39, 0.29) is 11.9 Å². The summed E-state index contributed by atoms with van der Waals surface area (Å²) in [4.78, 5) is 19.6. The molecule has 0 bridgehead atoms. The lowest BCUT2D eigenvalue weighted by atomic mass is 9.90. The van der Waals surface area contributed by atoms with Gasteiger partial charge in [-0.25, -0.2) is 0 Å². The van der Waals surface area contributed by atoms with Crippen LogP contribution < -0.4 is 10.2 Å². The number of fused-ring (bicyclic) bond motifs is 3. The van der Waals surface area contributed by atoms with Gasteiger partial charge in [-0.05, 0) is 38.0 Å². The maximum Gasteiger partial charge on any atom is 0.287 e. The van der Waals surface area contributed by atoms with Gasteiger partial charge in [0.15, 0.2) is 5.76 Å². The van der Waals surface area contributed by atoms with E-state index in [1.54, 1.807) is 0 Å². The Bertz CT molecular complexity index is 899. The van der Waals surface area contributed by atoms with Crippen molar-refractivity contribution in [3.05, 3.63) is 52.5 Å². The molecule has 4 rings (SSSR count). The Morgan fingerprint density at radius 2 is 2.04 bits per heavy atom. The van der Waals surface area contributed by atoms with E-state index in [2.05, 4.69) is 29.3 Å². The monoisotopic (exact) mass is 383 g/mol. The first-order chi connectivity index (χ1) is 12.9. The number of furan rings is 1. The molecular formula is C21H25N3O2S. The molecule has 1 aromatic carbocycles. The first kappa shape index (κ1) is 18.2. The molecule has 6 heteroatoms. The Kier molecular flexibility index (Phi) is 4.76. The van der Waals surface area contributed by atoms with Gasteiger partial charge in [-0.2, -0.15) is 0 Å². The van der Waals surface area contributed by atoms with Crippen molar-refractivity contribution in [3.63, 3.8) is 0 Å². The molecule has 2 atom stereocenters. The van der Waals surface area contributed by atoms with Gasteiger partial charge in [-0.3, -0.25) is 9.79 Å². The Morgan fingerprint density at radius 1 is 1.30 bits per heavy atom. The van der Waals surface area contributed by atoms with Gasteiger partial charge in [0.2, 0.25) is 0 Å². The van der Waals surface area contributed by atoms with Crippen LogP contribution in [0.25, 0.3) is 0 Å². The van der Waals surface area contributed by atoms with Crippen molar-refractivity contribution in [2.45, 2.75) is 44.5 Å². The van der Waals surface area contributed by atoms with Crippen LogP contribution in [-0.2, 0) is 13.0 Å². The fourth-order valence-corrected chi connectivity index (χ4v) is 5.06. The number of amides is 1. The molecule has 2 aliphatic rings. The van der Waals surface area contributed by atoms with Crippen LogP contribution in [-0.4, -0.2) is 30.3 Å². The minimum atomic E-state index is -0.151. The summed E-state index contributed by atoms with van der Waals surface area (Å²) in [5.41, 5.74) is 4.28. The quantitative estimate of drug-likeness (QED) is 0.863. The third kappa shape index (κ3) is 3.38. The molecule has 1 amide bonds. The number of nitrogens with zero attached hydrogens (tertiary/aromatic N) is 2. The SMILES string of the molecule is CC1=NC2c3c(oc(C(=O)NCc4ccc(N(C)C)cc4)c3C)CCC2S1. The maximum absolute atomic E-state index is 12.7. The average molecular weight is 384 g/mol. The number of aliphatic imine (C=N–C) groups is 1. The lowest BCUT2D eigenvalue weighted by Gasteiger charge is -2.22. The summed E-state index contributed by atoms with van der Waals surface area (Å²) in [5.74, 6) is 1.23. The van der Waals surface area contributed by atoms with Crippen LogP contribution in [0.3, 0.4) is 0 Å². The number of hydrogen-bond donors (Lipinski definition) is 1. The van der Waals surface area contributed by atoms with Gasteiger partial charge < -0.3 is 14.6 Å².